The van der Waals surface area contributed by atoms with E-state index >= 15 is 0 Å². The Hall–Kier alpha value is -1.11. The number of carbonyl (C=O) groups excluding carboxylic acids is 1. The van der Waals surface area contributed by atoms with Crippen molar-refractivity contribution in [3.8, 4) is 5.75 Å². The maximum Gasteiger partial charge on any atom is 0.236 e. The number of amides is 1. The number of hydrogen-bond donors (Lipinski definition) is 2. The summed E-state index contributed by atoms with van der Waals surface area (Å²) < 4.78 is 11.4. The van der Waals surface area contributed by atoms with Crippen LogP contribution >= 0.6 is 15.9 Å². The standard InChI is InChI=1S/C14H21BrN2O3/c1-11(14(18)17-6-8-19-2)16-7-9-20-13-5-3-4-12(15)10-13/h3-5,10-11,16H,6-9H2,1-2H3,(H,17,18). The number of ether oxygens (including phenoxy) is 2. The van der Waals surface area contributed by atoms with Gasteiger partial charge in [0.1, 0.15) is 12.4 Å². The van der Waals surface area contributed by atoms with Crippen LogP contribution in [0.3, 0.4) is 0 Å². The Balaban J connectivity index is 2.15. The number of hydrogen-bond acceptors (Lipinski definition) is 4. The van der Waals surface area contributed by atoms with E-state index in [1.165, 1.54) is 0 Å². The molecule has 1 amide bonds. The van der Waals surface area contributed by atoms with Gasteiger partial charge in [-0.2, -0.15) is 0 Å². The largest absolute Gasteiger partial charge is 0.492 e. The first-order valence-electron chi connectivity index (χ1n) is 6.52. The minimum atomic E-state index is -0.252. The maximum atomic E-state index is 11.7. The molecule has 0 spiro atoms. The molecule has 5 nitrogen and oxygen atoms in total. The summed E-state index contributed by atoms with van der Waals surface area (Å²) >= 11 is 3.38. The van der Waals surface area contributed by atoms with Gasteiger partial charge < -0.3 is 20.1 Å². The molecule has 20 heavy (non-hydrogen) atoms. The van der Waals surface area contributed by atoms with Gasteiger partial charge in [-0.25, -0.2) is 0 Å². The second-order valence-electron chi connectivity index (χ2n) is 4.27. The SMILES string of the molecule is COCCNC(=O)C(C)NCCOc1cccc(Br)c1. The Morgan fingerprint density at radius 1 is 1.35 bits per heavy atom. The highest BCUT2D eigenvalue weighted by Gasteiger charge is 2.10. The van der Waals surface area contributed by atoms with Crippen molar-refractivity contribution in [2.24, 2.45) is 0 Å². The molecule has 0 aliphatic rings. The molecule has 112 valence electrons. The van der Waals surface area contributed by atoms with Crippen LogP contribution in [0.1, 0.15) is 6.92 Å². The highest BCUT2D eigenvalue weighted by Crippen LogP contribution is 2.17. The molecular formula is C14H21BrN2O3. The third-order valence-corrected chi connectivity index (χ3v) is 3.11. The summed E-state index contributed by atoms with van der Waals surface area (Å²) in [5.74, 6) is 0.767. The van der Waals surface area contributed by atoms with E-state index in [4.69, 9.17) is 9.47 Å². The molecule has 0 bridgehead atoms. The van der Waals surface area contributed by atoms with E-state index in [0.717, 1.165) is 10.2 Å². The molecule has 6 heteroatoms. The lowest BCUT2D eigenvalue weighted by atomic mass is 10.3. The molecule has 2 N–H and O–H groups in total. The van der Waals surface area contributed by atoms with Gasteiger partial charge in [0.15, 0.2) is 0 Å². The van der Waals surface area contributed by atoms with E-state index < -0.39 is 0 Å². The second-order valence-corrected chi connectivity index (χ2v) is 5.18. The lowest BCUT2D eigenvalue weighted by molar-refractivity contribution is -0.122. The van der Waals surface area contributed by atoms with Gasteiger partial charge in [-0.05, 0) is 25.1 Å². The first-order chi connectivity index (χ1) is 9.63. The molecule has 0 fully saturated rings. The molecule has 0 aliphatic carbocycles. The first-order valence-corrected chi connectivity index (χ1v) is 7.31. The molecule has 0 saturated carbocycles. The summed E-state index contributed by atoms with van der Waals surface area (Å²) in [6, 6.07) is 7.40. The fraction of sp³-hybridized carbons (Fsp3) is 0.500. The van der Waals surface area contributed by atoms with Crippen LogP contribution in [-0.2, 0) is 9.53 Å². The zero-order valence-corrected chi connectivity index (χ0v) is 13.4. The lowest BCUT2D eigenvalue weighted by Gasteiger charge is -2.14. The highest BCUT2D eigenvalue weighted by atomic mass is 79.9. The molecule has 0 heterocycles. The lowest BCUT2D eigenvalue weighted by Crippen LogP contribution is -2.44. The predicted octanol–water partition coefficient (Wildman–Crippen LogP) is 1.57. The van der Waals surface area contributed by atoms with Crippen molar-refractivity contribution in [1.82, 2.24) is 10.6 Å². The molecule has 0 aromatic heterocycles. The summed E-state index contributed by atoms with van der Waals surface area (Å²) in [6.45, 7) is 3.97. The third-order valence-electron chi connectivity index (χ3n) is 2.62. The van der Waals surface area contributed by atoms with Crippen molar-refractivity contribution in [2.45, 2.75) is 13.0 Å². The van der Waals surface area contributed by atoms with Gasteiger partial charge in [0.05, 0.1) is 12.6 Å². The van der Waals surface area contributed by atoms with Crippen LogP contribution in [0.25, 0.3) is 0 Å². The zero-order valence-electron chi connectivity index (χ0n) is 11.8. The minimum Gasteiger partial charge on any atom is -0.492 e. The monoisotopic (exact) mass is 344 g/mol. The van der Waals surface area contributed by atoms with Gasteiger partial charge in [-0.3, -0.25) is 4.79 Å². The minimum absolute atomic E-state index is 0.0375. The van der Waals surface area contributed by atoms with E-state index in [2.05, 4.69) is 26.6 Å². The van der Waals surface area contributed by atoms with E-state index in [9.17, 15) is 4.79 Å². The number of methoxy groups -OCH3 is 1. The molecule has 1 aromatic rings. The number of carbonyl (C=O) groups is 1. The van der Waals surface area contributed by atoms with Crippen molar-refractivity contribution in [3.63, 3.8) is 0 Å². The zero-order chi connectivity index (χ0) is 14.8. The third kappa shape index (κ3) is 6.88. The fourth-order valence-electron chi connectivity index (χ4n) is 1.52. The van der Waals surface area contributed by atoms with Crippen LogP contribution in [0.5, 0.6) is 5.75 Å². The summed E-state index contributed by atoms with van der Waals surface area (Å²) in [7, 11) is 1.60. The van der Waals surface area contributed by atoms with Crippen LogP contribution in [0.15, 0.2) is 28.7 Å². The Bertz CT molecular complexity index is 415. The molecule has 1 aromatic carbocycles. The average molecular weight is 345 g/mol. The van der Waals surface area contributed by atoms with E-state index in [0.29, 0.717) is 26.3 Å². The molecular weight excluding hydrogens is 324 g/mol. The molecule has 0 saturated heterocycles. The van der Waals surface area contributed by atoms with Crippen molar-refractivity contribution >= 4 is 21.8 Å². The molecule has 1 atom stereocenters. The number of benzene rings is 1. The number of rotatable bonds is 9. The average Bonchev–Trinajstić information content (AvgIpc) is 2.43. The van der Waals surface area contributed by atoms with E-state index in [-0.39, 0.29) is 11.9 Å². The van der Waals surface area contributed by atoms with Crippen molar-refractivity contribution < 1.29 is 14.3 Å². The van der Waals surface area contributed by atoms with Crippen LogP contribution in [-0.4, -0.2) is 45.4 Å². The predicted molar refractivity (Wildman–Crippen MR) is 82.0 cm³/mol. The van der Waals surface area contributed by atoms with Gasteiger partial charge in [-0.15, -0.1) is 0 Å². The van der Waals surface area contributed by atoms with Crippen LogP contribution in [0.4, 0.5) is 0 Å². The smallest absolute Gasteiger partial charge is 0.236 e. The highest BCUT2D eigenvalue weighted by molar-refractivity contribution is 9.10. The van der Waals surface area contributed by atoms with Crippen molar-refractivity contribution in [3.05, 3.63) is 28.7 Å². The molecule has 0 aliphatic heterocycles. The Labute approximate surface area is 128 Å². The van der Waals surface area contributed by atoms with Crippen LogP contribution in [0, 0.1) is 0 Å². The first kappa shape index (κ1) is 16.9. The number of nitrogens with one attached hydrogen (secondary N) is 2. The summed E-state index contributed by atoms with van der Waals surface area (Å²) in [6.07, 6.45) is 0. The summed E-state index contributed by atoms with van der Waals surface area (Å²) in [4.78, 5) is 11.7. The topological polar surface area (TPSA) is 59.6 Å². The fourth-order valence-corrected chi connectivity index (χ4v) is 1.90. The molecule has 1 rings (SSSR count). The van der Waals surface area contributed by atoms with E-state index in [1.807, 2.05) is 31.2 Å². The molecule has 1 unspecified atom stereocenters. The normalized spacial score (nSPS) is 11.9. The van der Waals surface area contributed by atoms with Gasteiger partial charge in [0.2, 0.25) is 5.91 Å². The summed E-state index contributed by atoms with van der Waals surface area (Å²) in [5.41, 5.74) is 0. The quantitative estimate of drug-likeness (QED) is 0.667. The van der Waals surface area contributed by atoms with Gasteiger partial charge in [0, 0.05) is 24.7 Å². The van der Waals surface area contributed by atoms with E-state index in [1.54, 1.807) is 7.11 Å². The Morgan fingerprint density at radius 3 is 2.85 bits per heavy atom. The second kappa shape index (κ2) is 9.74. The molecule has 0 radical (unpaired) electrons. The van der Waals surface area contributed by atoms with Gasteiger partial charge >= 0.3 is 0 Å². The van der Waals surface area contributed by atoms with Gasteiger partial charge in [-0.1, -0.05) is 22.0 Å². The number of halogens is 1. The summed E-state index contributed by atoms with van der Waals surface area (Å²) in [5, 5.41) is 5.88. The Kier molecular flexibility index (Phi) is 8.25. The Morgan fingerprint density at radius 2 is 2.15 bits per heavy atom. The maximum absolute atomic E-state index is 11.7. The van der Waals surface area contributed by atoms with Gasteiger partial charge in [0.25, 0.3) is 0 Å². The van der Waals surface area contributed by atoms with Crippen LogP contribution in [0.2, 0.25) is 0 Å². The van der Waals surface area contributed by atoms with Crippen molar-refractivity contribution in [2.75, 3.05) is 33.4 Å². The van der Waals surface area contributed by atoms with Crippen LogP contribution < -0.4 is 15.4 Å². The van der Waals surface area contributed by atoms with Crippen molar-refractivity contribution in [1.29, 1.82) is 0 Å².